The van der Waals surface area contributed by atoms with Crippen LogP contribution in [0.15, 0.2) is 47.4 Å². The third-order valence-corrected chi connectivity index (χ3v) is 4.58. The summed E-state index contributed by atoms with van der Waals surface area (Å²) < 4.78 is 40.9. The van der Waals surface area contributed by atoms with E-state index in [4.69, 9.17) is 11.6 Å². The molecule has 0 aliphatic heterocycles. The molecule has 0 unspecified atom stereocenters. The van der Waals surface area contributed by atoms with Crippen LogP contribution in [-0.2, 0) is 10.0 Å². The second kappa shape index (κ2) is 5.64. The molecule has 0 aliphatic carbocycles. The van der Waals surface area contributed by atoms with Gasteiger partial charge < -0.3 is 0 Å². The normalized spacial score (nSPS) is 11.3. The molecule has 0 spiro atoms. The molecule has 0 radical (unpaired) electrons. The molecule has 19 heavy (non-hydrogen) atoms. The third-order valence-electron chi connectivity index (χ3n) is 2.26. The zero-order chi connectivity index (χ0) is 14.0. The smallest absolute Gasteiger partial charge is 0.264 e. The number of halogens is 3. The summed E-state index contributed by atoms with van der Waals surface area (Å²) >= 11 is 7.65. The molecule has 100 valence electrons. The fraction of sp³-hybridized carbons (Fsp3) is 0. The quantitative estimate of drug-likeness (QED) is 0.779. The summed E-state index contributed by atoms with van der Waals surface area (Å²) in [4.78, 5) is -0.434. The van der Waals surface area contributed by atoms with Crippen LogP contribution in [0.5, 0.6) is 0 Å². The number of nitrogens with one attached hydrogen (secondary N) is 1. The average Bonchev–Trinajstić information content (AvgIpc) is 2.27. The first-order valence-corrected chi connectivity index (χ1v) is 8.06. The van der Waals surface area contributed by atoms with E-state index in [9.17, 15) is 12.8 Å². The number of hydrogen-bond donors (Lipinski definition) is 1. The van der Waals surface area contributed by atoms with Gasteiger partial charge in [-0.1, -0.05) is 17.7 Å². The standard InChI is InChI=1S/C12H8ClFINO2S/c13-8-4-5-12(11(14)6-8)19(17,18)16-10-3-1-2-9(15)7-10/h1-7,16H. The van der Waals surface area contributed by atoms with E-state index in [1.807, 2.05) is 6.07 Å². The van der Waals surface area contributed by atoms with Crippen molar-refractivity contribution in [3.63, 3.8) is 0 Å². The van der Waals surface area contributed by atoms with Crippen molar-refractivity contribution in [1.82, 2.24) is 0 Å². The van der Waals surface area contributed by atoms with E-state index in [1.54, 1.807) is 18.2 Å². The van der Waals surface area contributed by atoms with Crippen molar-refractivity contribution in [1.29, 1.82) is 0 Å². The Balaban J connectivity index is 2.38. The predicted molar refractivity (Wildman–Crippen MR) is 81.4 cm³/mol. The zero-order valence-corrected chi connectivity index (χ0v) is 13.1. The van der Waals surface area contributed by atoms with Crippen LogP contribution in [0.4, 0.5) is 10.1 Å². The SMILES string of the molecule is O=S(=O)(Nc1cccc(I)c1)c1ccc(Cl)cc1F. The van der Waals surface area contributed by atoms with Gasteiger partial charge in [0.05, 0.1) is 0 Å². The molecular formula is C12H8ClFINO2S. The van der Waals surface area contributed by atoms with E-state index in [1.165, 1.54) is 6.07 Å². The van der Waals surface area contributed by atoms with Gasteiger partial charge in [0, 0.05) is 14.3 Å². The molecule has 0 saturated heterocycles. The highest BCUT2D eigenvalue weighted by Crippen LogP contribution is 2.22. The summed E-state index contributed by atoms with van der Waals surface area (Å²) in [5.41, 5.74) is 0.376. The van der Waals surface area contributed by atoms with E-state index >= 15 is 0 Å². The highest BCUT2D eigenvalue weighted by molar-refractivity contribution is 14.1. The van der Waals surface area contributed by atoms with Gasteiger partial charge in [-0.05, 0) is 59.0 Å². The summed E-state index contributed by atoms with van der Waals surface area (Å²) in [6.45, 7) is 0. The molecular weight excluding hydrogens is 404 g/mol. The fourth-order valence-electron chi connectivity index (χ4n) is 1.46. The topological polar surface area (TPSA) is 46.2 Å². The highest BCUT2D eigenvalue weighted by atomic mass is 127. The van der Waals surface area contributed by atoms with E-state index in [2.05, 4.69) is 27.3 Å². The number of hydrogen-bond acceptors (Lipinski definition) is 2. The molecule has 2 aromatic rings. The van der Waals surface area contributed by atoms with Gasteiger partial charge in [0.25, 0.3) is 10.0 Å². The largest absolute Gasteiger partial charge is 0.280 e. The van der Waals surface area contributed by atoms with Gasteiger partial charge in [-0.2, -0.15) is 0 Å². The van der Waals surface area contributed by atoms with E-state index in [0.717, 1.165) is 15.7 Å². The molecule has 2 aromatic carbocycles. The van der Waals surface area contributed by atoms with Gasteiger partial charge in [-0.25, -0.2) is 12.8 Å². The summed E-state index contributed by atoms with van der Waals surface area (Å²) in [7, 11) is -3.96. The molecule has 0 heterocycles. The zero-order valence-electron chi connectivity index (χ0n) is 9.40. The van der Waals surface area contributed by atoms with E-state index < -0.39 is 20.7 Å². The minimum atomic E-state index is -3.96. The molecule has 0 atom stereocenters. The number of benzene rings is 2. The van der Waals surface area contributed by atoms with Crippen LogP contribution in [0.25, 0.3) is 0 Å². The van der Waals surface area contributed by atoms with Crippen molar-refractivity contribution in [3.8, 4) is 0 Å². The van der Waals surface area contributed by atoms with Gasteiger partial charge in [-0.3, -0.25) is 4.72 Å². The molecule has 0 amide bonds. The maximum Gasteiger partial charge on any atom is 0.264 e. The Kier molecular flexibility index (Phi) is 4.32. The molecule has 0 saturated carbocycles. The number of sulfonamides is 1. The summed E-state index contributed by atoms with van der Waals surface area (Å²) in [5, 5.41) is 0.144. The monoisotopic (exact) mass is 411 g/mol. The Bertz CT molecular complexity index is 721. The van der Waals surface area contributed by atoms with Gasteiger partial charge in [0.15, 0.2) is 0 Å². The Labute approximate surface area is 129 Å². The van der Waals surface area contributed by atoms with Crippen LogP contribution in [0, 0.1) is 9.39 Å². The first kappa shape index (κ1) is 14.5. The molecule has 0 aliphatic rings. The Hall–Kier alpha value is -0.860. The van der Waals surface area contributed by atoms with Crippen molar-refractivity contribution in [2.45, 2.75) is 4.90 Å². The molecule has 0 fully saturated rings. The maximum absolute atomic E-state index is 13.6. The van der Waals surface area contributed by atoms with Crippen molar-refractivity contribution in [3.05, 3.63) is 56.9 Å². The van der Waals surface area contributed by atoms with Gasteiger partial charge in [0.1, 0.15) is 10.7 Å². The van der Waals surface area contributed by atoms with Gasteiger partial charge in [0.2, 0.25) is 0 Å². The average molecular weight is 412 g/mol. The third kappa shape index (κ3) is 3.58. The van der Waals surface area contributed by atoms with Crippen molar-refractivity contribution >= 4 is 49.9 Å². The highest BCUT2D eigenvalue weighted by Gasteiger charge is 2.19. The minimum Gasteiger partial charge on any atom is -0.280 e. The summed E-state index contributed by atoms with van der Waals surface area (Å²) in [6.07, 6.45) is 0. The Morgan fingerprint density at radius 1 is 1.16 bits per heavy atom. The number of anilines is 1. The second-order valence-corrected chi connectivity index (χ2v) is 7.02. The van der Waals surface area contributed by atoms with Crippen molar-refractivity contribution in [2.75, 3.05) is 4.72 Å². The lowest BCUT2D eigenvalue weighted by Crippen LogP contribution is -2.14. The lowest BCUT2D eigenvalue weighted by atomic mass is 10.3. The fourth-order valence-corrected chi connectivity index (χ4v) is 3.27. The number of rotatable bonds is 3. The lowest BCUT2D eigenvalue weighted by Gasteiger charge is -2.09. The van der Waals surface area contributed by atoms with E-state index in [0.29, 0.717) is 5.69 Å². The van der Waals surface area contributed by atoms with E-state index in [-0.39, 0.29) is 5.02 Å². The van der Waals surface area contributed by atoms with Crippen LogP contribution < -0.4 is 4.72 Å². The molecule has 0 aromatic heterocycles. The van der Waals surface area contributed by atoms with Crippen LogP contribution in [-0.4, -0.2) is 8.42 Å². The van der Waals surface area contributed by atoms with Crippen LogP contribution in [0.1, 0.15) is 0 Å². The maximum atomic E-state index is 13.6. The minimum absolute atomic E-state index is 0.144. The molecule has 7 heteroatoms. The second-order valence-electron chi connectivity index (χ2n) is 3.69. The van der Waals surface area contributed by atoms with Crippen LogP contribution in [0.3, 0.4) is 0 Å². The van der Waals surface area contributed by atoms with Gasteiger partial charge >= 0.3 is 0 Å². The van der Waals surface area contributed by atoms with Crippen molar-refractivity contribution in [2.24, 2.45) is 0 Å². The summed E-state index contributed by atoms with van der Waals surface area (Å²) in [6, 6.07) is 10.2. The van der Waals surface area contributed by atoms with Crippen LogP contribution >= 0.6 is 34.2 Å². The van der Waals surface area contributed by atoms with Crippen molar-refractivity contribution < 1.29 is 12.8 Å². The molecule has 2 rings (SSSR count). The molecule has 1 N–H and O–H groups in total. The first-order valence-electron chi connectivity index (χ1n) is 5.12. The first-order chi connectivity index (χ1) is 8.88. The molecule has 3 nitrogen and oxygen atoms in total. The predicted octanol–water partition coefficient (Wildman–Crippen LogP) is 3.88. The lowest BCUT2D eigenvalue weighted by molar-refractivity contribution is 0.570. The summed E-state index contributed by atoms with van der Waals surface area (Å²) in [5.74, 6) is -0.884. The van der Waals surface area contributed by atoms with Crippen LogP contribution in [0.2, 0.25) is 5.02 Å². The molecule has 0 bridgehead atoms. The van der Waals surface area contributed by atoms with Gasteiger partial charge in [-0.15, -0.1) is 0 Å². The Morgan fingerprint density at radius 2 is 1.89 bits per heavy atom. The Morgan fingerprint density at radius 3 is 2.53 bits per heavy atom.